The van der Waals surface area contributed by atoms with Crippen molar-refractivity contribution >= 4 is 5.69 Å². The highest BCUT2D eigenvalue weighted by Crippen LogP contribution is 2.27. The Labute approximate surface area is 144 Å². The van der Waals surface area contributed by atoms with Gasteiger partial charge in [0.05, 0.1) is 17.9 Å². The molecule has 3 rings (SSSR count). The van der Waals surface area contributed by atoms with Crippen LogP contribution in [0.15, 0.2) is 79.0 Å². The second kappa shape index (κ2) is 6.88. The van der Waals surface area contributed by atoms with Crippen LogP contribution in [0.1, 0.15) is 43.6 Å². The van der Waals surface area contributed by atoms with Gasteiger partial charge in [-0.15, -0.1) is 0 Å². The molecule has 0 atom stereocenters. The molecular weight excluding hydrogens is 292 g/mol. The number of hydrogen-bond acceptors (Lipinski definition) is 2. The molecule has 0 unspecified atom stereocenters. The maximum absolute atomic E-state index is 4.63. The summed E-state index contributed by atoms with van der Waals surface area (Å²) in [7, 11) is 0. The van der Waals surface area contributed by atoms with Crippen molar-refractivity contribution in [2.24, 2.45) is 0 Å². The summed E-state index contributed by atoms with van der Waals surface area (Å²) in [6, 6.07) is 25.4. The van der Waals surface area contributed by atoms with Crippen LogP contribution in [0.5, 0.6) is 0 Å². The largest absolute Gasteiger partial charge is 0.373 e. The third-order valence-corrected chi connectivity index (χ3v) is 4.11. The molecule has 0 aliphatic carbocycles. The molecule has 1 aromatic heterocycles. The van der Waals surface area contributed by atoms with Gasteiger partial charge in [-0.25, -0.2) is 0 Å². The summed E-state index contributed by atoms with van der Waals surface area (Å²) in [5, 5.41) is 3.63. The summed E-state index contributed by atoms with van der Waals surface area (Å²) >= 11 is 0. The third-order valence-electron chi connectivity index (χ3n) is 4.11. The lowest BCUT2D eigenvalue weighted by atomic mass is 9.91. The van der Waals surface area contributed by atoms with E-state index < -0.39 is 0 Å². The molecule has 0 aliphatic heterocycles. The van der Waals surface area contributed by atoms with Gasteiger partial charge in [0.15, 0.2) is 0 Å². The fourth-order valence-corrected chi connectivity index (χ4v) is 2.74. The van der Waals surface area contributed by atoms with E-state index in [2.05, 4.69) is 91.7 Å². The molecule has 2 aromatic carbocycles. The van der Waals surface area contributed by atoms with Crippen molar-refractivity contribution in [3.05, 3.63) is 95.8 Å². The predicted molar refractivity (Wildman–Crippen MR) is 101 cm³/mol. The maximum atomic E-state index is 4.63. The van der Waals surface area contributed by atoms with Gasteiger partial charge in [0.1, 0.15) is 0 Å². The van der Waals surface area contributed by atoms with Crippen molar-refractivity contribution < 1.29 is 0 Å². The quantitative estimate of drug-likeness (QED) is 0.679. The van der Waals surface area contributed by atoms with Crippen LogP contribution in [0.3, 0.4) is 0 Å². The first-order chi connectivity index (χ1) is 11.5. The minimum absolute atomic E-state index is 0.0663. The smallest absolute Gasteiger partial charge is 0.0768 e. The Morgan fingerprint density at radius 2 is 1.29 bits per heavy atom. The molecule has 0 saturated carbocycles. The highest BCUT2D eigenvalue weighted by Gasteiger charge is 2.16. The van der Waals surface area contributed by atoms with Crippen LogP contribution in [0.25, 0.3) is 0 Å². The van der Waals surface area contributed by atoms with Gasteiger partial charge in [-0.3, -0.25) is 4.98 Å². The van der Waals surface area contributed by atoms with E-state index >= 15 is 0 Å². The maximum Gasteiger partial charge on any atom is 0.0768 e. The van der Waals surface area contributed by atoms with E-state index in [9.17, 15) is 0 Å². The van der Waals surface area contributed by atoms with Crippen molar-refractivity contribution in [2.75, 3.05) is 5.32 Å². The number of pyridine rings is 1. The summed E-state index contributed by atoms with van der Waals surface area (Å²) in [5.74, 6) is 0. The van der Waals surface area contributed by atoms with E-state index in [1.807, 2.05) is 18.3 Å². The van der Waals surface area contributed by atoms with E-state index in [0.717, 1.165) is 11.4 Å². The standard InChI is InChI=1S/C22H24N2/c1-22(2,3)20-15-14-19(16-23-20)24-21(17-10-6-4-7-11-17)18-12-8-5-9-13-18/h4-16,21,24H,1-3H3. The number of benzene rings is 2. The monoisotopic (exact) mass is 316 g/mol. The number of aromatic nitrogens is 1. The Morgan fingerprint density at radius 3 is 1.71 bits per heavy atom. The van der Waals surface area contributed by atoms with Crippen LogP contribution in [0.4, 0.5) is 5.69 Å². The molecule has 0 saturated heterocycles. The summed E-state index contributed by atoms with van der Waals surface area (Å²) in [6.45, 7) is 6.54. The lowest BCUT2D eigenvalue weighted by molar-refractivity contribution is 0.569. The Bertz CT molecular complexity index is 717. The van der Waals surface area contributed by atoms with Gasteiger partial charge in [-0.1, -0.05) is 81.4 Å². The van der Waals surface area contributed by atoms with Crippen molar-refractivity contribution in [2.45, 2.75) is 32.2 Å². The Balaban J connectivity index is 1.90. The fraction of sp³-hybridized carbons (Fsp3) is 0.227. The summed E-state index contributed by atoms with van der Waals surface area (Å²) in [5.41, 5.74) is 4.67. The topological polar surface area (TPSA) is 24.9 Å². The van der Waals surface area contributed by atoms with Gasteiger partial charge in [0, 0.05) is 11.1 Å². The molecule has 0 radical (unpaired) electrons. The Hall–Kier alpha value is -2.61. The fourth-order valence-electron chi connectivity index (χ4n) is 2.74. The molecule has 2 heteroatoms. The summed E-state index contributed by atoms with van der Waals surface area (Å²) in [6.07, 6.45) is 1.93. The number of nitrogens with zero attached hydrogens (tertiary/aromatic N) is 1. The summed E-state index contributed by atoms with van der Waals surface area (Å²) < 4.78 is 0. The minimum Gasteiger partial charge on any atom is -0.373 e. The number of hydrogen-bond donors (Lipinski definition) is 1. The van der Waals surface area contributed by atoms with Gasteiger partial charge >= 0.3 is 0 Å². The summed E-state index contributed by atoms with van der Waals surface area (Å²) in [4.78, 5) is 4.63. The van der Waals surface area contributed by atoms with Crippen molar-refractivity contribution in [3.63, 3.8) is 0 Å². The molecule has 3 aromatic rings. The first-order valence-electron chi connectivity index (χ1n) is 8.37. The zero-order valence-corrected chi connectivity index (χ0v) is 14.5. The van der Waals surface area contributed by atoms with E-state index in [-0.39, 0.29) is 11.5 Å². The van der Waals surface area contributed by atoms with Gasteiger partial charge in [0.25, 0.3) is 0 Å². The highest BCUT2D eigenvalue weighted by atomic mass is 14.9. The lowest BCUT2D eigenvalue weighted by Crippen LogP contribution is -2.15. The predicted octanol–water partition coefficient (Wildman–Crippen LogP) is 5.58. The molecule has 0 bridgehead atoms. The average molecular weight is 316 g/mol. The zero-order chi connectivity index (χ0) is 17.0. The van der Waals surface area contributed by atoms with Crippen LogP contribution in [-0.4, -0.2) is 4.98 Å². The molecule has 0 fully saturated rings. The first kappa shape index (κ1) is 16.3. The Morgan fingerprint density at radius 1 is 0.750 bits per heavy atom. The second-order valence-electron chi connectivity index (χ2n) is 7.08. The molecular formula is C22H24N2. The van der Waals surface area contributed by atoms with Crippen LogP contribution in [0.2, 0.25) is 0 Å². The average Bonchev–Trinajstić information content (AvgIpc) is 2.61. The van der Waals surface area contributed by atoms with E-state index in [0.29, 0.717) is 0 Å². The number of anilines is 1. The van der Waals surface area contributed by atoms with Crippen molar-refractivity contribution in [3.8, 4) is 0 Å². The lowest BCUT2D eigenvalue weighted by Gasteiger charge is -2.22. The molecule has 1 N–H and O–H groups in total. The van der Waals surface area contributed by atoms with Crippen LogP contribution < -0.4 is 5.32 Å². The van der Waals surface area contributed by atoms with Crippen molar-refractivity contribution in [1.82, 2.24) is 4.98 Å². The normalized spacial score (nSPS) is 11.5. The van der Waals surface area contributed by atoms with Crippen LogP contribution in [-0.2, 0) is 5.41 Å². The second-order valence-corrected chi connectivity index (χ2v) is 7.08. The van der Waals surface area contributed by atoms with Gasteiger partial charge in [0.2, 0.25) is 0 Å². The molecule has 0 amide bonds. The van der Waals surface area contributed by atoms with Gasteiger partial charge in [-0.05, 0) is 23.3 Å². The highest BCUT2D eigenvalue weighted by molar-refractivity contribution is 5.48. The molecule has 2 nitrogen and oxygen atoms in total. The van der Waals surface area contributed by atoms with E-state index in [1.54, 1.807) is 0 Å². The van der Waals surface area contributed by atoms with E-state index in [1.165, 1.54) is 11.1 Å². The van der Waals surface area contributed by atoms with Crippen molar-refractivity contribution in [1.29, 1.82) is 0 Å². The Kier molecular flexibility index (Phi) is 4.66. The molecule has 24 heavy (non-hydrogen) atoms. The van der Waals surface area contributed by atoms with Gasteiger partial charge in [-0.2, -0.15) is 0 Å². The molecule has 0 aliphatic rings. The molecule has 1 heterocycles. The third kappa shape index (κ3) is 3.83. The molecule has 0 spiro atoms. The number of rotatable bonds is 4. The number of nitrogens with one attached hydrogen (secondary N) is 1. The minimum atomic E-state index is 0.0663. The van der Waals surface area contributed by atoms with Crippen LogP contribution >= 0.6 is 0 Å². The van der Waals surface area contributed by atoms with Crippen LogP contribution in [0, 0.1) is 0 Å². The SMILES string of the molecule is CC(C)(C)c1ccc(NC(c2ccccc2)c2ccccc2)cn1. The van der Waals surface area contributed by atoms with Gasteiger partial charge < -0.3 is 5.32 Å². The molecule has 122 valence electrons. The first-order valence-corrected chi connectivity index (χ1v) is 8.37. The van der Waals surface area contributed by atoms with E-state index in [4.69, 9.17) is 0 Å². The zero-order valence-electron chi connectivity index (χ0n) is 14.5.